The van der Waals surface area contributed by atoms with E-state index in [-0.39, 0.29) is 5.69 Å². The summed E-state index contributed by atoms with van der Waals surface area (Å²) in [5.74, 6) is -1.90. The summed E-state index contributed by atoms with van der Waals surface area (Å²) in [6, 6.07) is 2.65. The molecule has 0 aliphatic heterocycles. The van der Waals surface area contributed by atoms with E-state index in [1.165, 1.54) is 24.5 Å². The number of pyridine rings is 1. The van der Waals surface area contributed by atoms with Crippen LogP contribution in [0.2, 0.25) is 0 Å². The van der Waals surface area contributed by atoms with Crippen molar-refractivity contribution in [2.45, 2.75) is 6.18 Å². The van der Waals surface area contributed by atoms with Gasteiger partial charge in [0.1, 0.15) is 0 Å². The minimum absolute atomic E-state index is 0.155. The summed E-state index contributed by atoms with van der Waals surface area (Å²) >= 11 is 0. The molecule has 0 saturated heterocycles. The van der Waals surface area contributed by atoms with E-state index in [9.17, 15) is 18.0 Å². The first-order chi connectivity index (χ1) is 6.43. The van der Waals surface area contributed by atoms with Crippen LogP contribution in [0.25, 0.3) is 0 Å². The van der Waals surface area contributed by atoms with Gasteiger partial charge in [-0.15, -0.1) is 0 Å². The van der Waals surface area contributed by atoms with Crippen molar-refractivity contribution in [1.82, 2.24) is 4.98 Å². The largest absolute Gasteiger partial charge is 0.471 e. The van der Waals surface area contributed by atoms with Crippen LogP contribution in [0.15, 0.2) is 24.5 Å². The monoisotopic (exact) mass is 204 g/mol. The van der Waals surface area contributed by atoms with Crippen molar-refractivity contribution >= 4 is 11.6 Å². The lowest BCUT2D eigenvalue weighted by atomic mass is 10.3. The molecule has 0 saturated carbocycles. The molecule has 0 atom stereocenters. The number of rotatable bonds is 1. The number of amides is 1. The van der Waals surface area contributed by atoms with Crippen molar-refractivity contribution in [3.63, 3.8) is 0 Å². The van der Waals surface area contributed by atoms with E-state index in [2.05, 4.69) is 4.98 Å². The van der Waals surface area contributed by atoms with E-state index in [0.29, 0.717) is 4.90 Å². The number of aromatic nitrogens is 1. The molecule has 0 unspecified atom stereocenters. The fraction of sp³-hybridized carbons (Fsp3) is 0.250. The lowest BCUT2D eigenvalue weighted by Crippen LogP contribution is -2.38. The Kier molecular flexibility index (Phi) is 2.73. The smallest absolute Gasteiger partial charge is 0.308 e. The fourth-order valence-electron chi connectivity index (χ4n) is 0.875. The second kappa shape index (κ2) is 3.65. The molecule has 0 aliphatic rings. The molecular weight excluding hydrogens is 197 g/mol. The van der Waals surface area contributed by atoms with E-state index in [0.717, 1.165) is 7.05 Å². The predicted molar refractivity (Wildman–Crippen MR) is 43.7 cm³/mol. The Hall–Kier alpha value is -1.59. The summed E-state index contributed by atoms with van der Waals surface area (Å²) in [5, 5.41) is 0. The zero-order valence-electron chi connectivity index (χ0n) is 7.25. The molecule has 14 heavy (non-hydrogen) atoms. The van der Waals surface area contributed by atoms with Gasteiger partial charge in [-0.2, -0.15) is 13.2 Å². The molecular formula is C8H7F3N2O. The number of halogens is 3. The molecule has 3 nitrogen and oxygen atoms in total. The second-order valence-corrected chi connectivity index (χ2v) is 2.57. The van der Waals surface area contributed by atoms with Gasteiger partial charge in [0.25, 0.3) is 0 Å². The van der Waals surface area contributed by atoms with Gasteiger partial charge in [0.05, 0.1) is 0 Å². The predicted octanol–water partition coefficient (Wildman–Crippen LogP) is 1.61. The van der Waals surface area contributed by atoms with Crippen LogP contribution in [0.3, 0.4) is 0 Å². The number of hydrogen-bond acceptors (Lipinski definition) is 2. The molecule has 1 aromatic rings. The third-order valence-electron chi connectivity index (χ3n) is 1.60. The lowest BCUT2D eigenvalue weighted by molar-refractivity contribution is -0.170. The van der Waals surface area contributed by atoms with Gasteiger partial charge in [0.15, 0.2) is 0 Å². The van der Waals surface area contributed by atoms with Crippen LogP contribution in [-0.2, 0) is 4.79 Å². The van der Waals surface area contributed by atoms with Crippen LogP contribution in [-0.4, -0.2) is 24.1 Å². The van der Waals surface area contributed by atoms with Crippen LogP contribution in [0, 0.1) is 0 Å². The Balaban J connectivity index is 2.87. The summed E-state index contributed by atoms with van der Waals surface area (Å²) in [6.45, 7) is 0. The highest BCUT2D eigenvalue weighted by Crippen LogP contribution is 2.21. The Bertz CT molecular complexity index is 323. The van der Waals surface area contributed by atoms with Gasteiger partial charge in [-0.25, -0.2) is 0 Å². The fourth-order valence-corrected chi connectivity index (χ4v) is 0.875. The molecule has 1 rings (SSSR count). The standard InChI is InChI=1S/C8H7F3N2O/c1-13(7(14)8(9,10)11)6-2-4-12-5-3-6/h2-5H,1H3. The highest BCUT2D eigenvalue weighted by Gasteiger charge is 2.41. The molecule has 6 heteroatoms. The first-order valence-electron chi connectivity index (χ1n) is 3.68. The Morgan fingerprint density at radius 3 is 2.29 bits per heavy atom. The van der Waals surface area contributed by atoms with E-state index in [1.807, 2.05) is 0 Å². The maximum absolute atomic E-state index is 12.0. The van der Waals surface area contributed by atoms with Gasteiger partial charge in [0, 0.05) is 25.1 Å². The normalized spacial score (nSPS) is 11.1. The molecule has 0 aromatic carbocycles. The van der Waals surface area contributed by atoms with E-state index < -0.39 is 12.1 Å². The third-order valence-corrected chi connectivity index (χ3v) is 1.60. The first kappa shape index (κ1) is 10.5. The molecule has 1 amide bonds. The van der Waals surface area contributed by atoms with Crippen LogP contribution in [0.4, 0.5) is 18.9 Å². The Labute approximate surface area is 78.2 Å². The van der Waals surface area contributed by atoms with Gasteiger partial charge in [-0.1, -0.05) is 0 Å². The van der Waals surface area contributed by atoms with Crippen LogP contribution < -0.4 is 4.90 Å². The van der Waals surface area contributed by atoms with Crippen molar-refractivity contribution in [3.05, 3.63) is 24.5 Å². The van der Waals surface area contributed by atoms with E-state index in [4.69, 9.17) is 0 Å². The Morgan fingerprint density at radius 1 is 1.36 bits per heavy atom. The molecule has 0 spiro atoms. The topological polar surface area (TPSA) is 33.2 Å². The highest BCUT2D eigenvalue weighted by atomic mass is 19.4. The van der Waals surface area contributed by atoms with Crippen molar-refractivity contribution < 1.29 is 18.0 Å². The van der Waals surface area contributed by atoms with E-state index in [1.54, 1.807) is 0 Å². The first-order valence-corrected chi connectivity index (χ1v) is 3.68. The molecule has 76 valence electrons. The molecule has 0 N–H and O–H groups in total. The molecule has 0 bridgehead atoms. The summed E-state index contributed by atoms with van der Waals surface area (Å²) < 4.78 is 35.9. The minimum atomic E-state index is -4.85. The quantitative estimate of drug-likeness (QED) is 0.696. The lowest BCUT2D eigenvalue weighted by Gasteiger charge is -2.18. The third kappa shape index (κ3) is 2.21. The average Bonchev–Trinajstić information content (AvgIpc) is 2.15. The molecule has 0 radical (unpaired) electrons. The van der Waals surface area contributed by atoms with Gasteiger partial charge in [-0.05, 0) is 12.1 Å². The zero-order chi connectivity index (χ0) is 10.8. The number of nitrogens with zero attached hydrogens (tertiary/aromatic N) is 2. The maximum Gasteiger partial charge on any atom is 0.471 e. The van der Waals surface area contributed by atoms with Gasteiger partial charge >= 0.3 is 12.1 Å². The van der Waals surface area contributed by atoms with E-state index >= 15 is 0 Å². The molecule has 0 fully saturated rings. The van der Waals surface area contributed by atoms with Crippen molar-refractivity contribution in [1.29, 1.82) is 0 Å². The Morgan fingerprint density at radius 2 is 1.86 bits per heavy atom. The van der Waals surface area contributed by atoms with Crippen molar-refractivity contribution in [3.8, 4) is 0 Å². The molecule has 1 heterocycles. The summed E-state index contributed by atoms with van der Waals surface area (Å²) in [4.78, 5) is 14.9. The van der Waals surface area contributed by atoms with Gasteiger partial charge in [-0.3, -0.25) is 9.78 Å². The minimum Gasteiger partial charge on any atom is -0.308 e. The summed E-state index contributed by atoms with van der Waals surface area (Å²) in [5.41, 5.74) is 0.155. The second-order valence-electron chi connectivity index (χ2n) is 2.57. The molecule has 0 aliphatic carbocycles. The number of anilines is 1. The number of hydrogen-bond donors (Lipinski definition) is 0. The van der Waals surface area contributed by atoms with Crippen molar-refractivity contribution in [2.75, 3.05) is 11.9 Å². The van der Waals surface area contributed by atoms with Crippen LogP contribution >= 0.6 is 0 Å². The van der Waals surface area contributed by atoms with Gasteiger partial charge < -0.3 is 4.90 Å². The van der Waals surface area contributed by atoms with Crippen LogP contribution in [0.1, 0.15) is 0 Å². The summed E-state index contributed by atoms with van der Waals surface area (Å²) in [6.07, 6.45) is -2.22. The number of alkyl halides is 3. The van der Waals surface area contributed by atoms with Gasteiger partial charge in [0.2, 0.25) is 0 Å². The summed E-state index contributed by atoms with van der Waals surface area (Å²) in [7, 11) is 1.06. The maximum atomic E-state index is 12.0. The number of carbonyl (C=O) groups excluding carboxylic acids is 1. The average molecular weight is 204 g/mol. The van der Waals surface area contributed by atoms with Crippen LogP contribution in [0.5, 0.6) is 0 Å². The zero-order valence-corrected chi connectivity index (χ0v) is 7.25. The molecule has 1 aromatic heterocycles. The highest BCUT2D eigenvalue weighted by molar-refractivity contribution is 5.96. The number of carbonyl (C=O) groups is 1. The SMILES string of the molecule is CN(C(=O)C(F)(F)F)c1ccncc1. The van der Waals surface area contributed by atoms with Crippen molar-refractivity contribution in [2.24, 2.45) is 0 Å².